The molecule has 0 aromatic carbocycles. The van der Waals surface area contributed by atoms with Crippen LogP contribution < -0.4 is 4.90 Å². The number of hydrogen-bond acceptors (Lipinski definition) is 6. The number of piperidine rings is 1. The smallest absolute Gasteiger partial charge is 0.339 e. The summed E-state index contributed by atoms with van der Waals surface area (Å²) in [5.41, 5.74) is 1.05. The Balaban J connectivity index is 1.58. The molecule has 1 unspecified atom stereocenters. The second-order valence-electron chi connectivity index (χ2n) is 7.18. The van der Waals surface area contributed by atoms with Crippen LogP contribution in [0, 0.1) is 6.92 Å². The average molecular weight is 381 g/mol. The second-order valence-corrected chi connectivity index (χ2v) is 7.18. The Bertz CT molecular complexity index is 980. The highest BCUT2D eigenvalue weighted by atomic mass is 16.4. The molecule has 0 bridgehead atoms. The van der Waals surface area contributed by atoms with Gasteiger partial charge in [0.2, 0.25) is 0 Å². The summed E-state index contributed by atoms with van der Waals surface area (Å²) in [6.45, 7) is 3.95. The standard InChI is InChI=1S/C19H23N7O2/c1-13-5-6-15(19(27)28)18(21-13)26-8-3-4-14(10-26)17-23-22-16(24(17)2)11-25-9-7-20-12-25/h5-7,9,12,14H,3-4,8,10-11H2,1-2H3,(H,27,28). The van der Waals surface area contributed by atoms with E-state index in [2.05, 4.69) is 25.1 Å². The summed E-state index contributed by atoms with van der Waals surface area (Å²) in [7, 11) is 1.98. The number of aromatic carboxylic acids is 1. The topological polar surface area (TPSA) is 102 Å². The van der Waals surface area contributed by atoms with Gasteiger partial charge in [0.05, 0.1) is 12.9 Å². The minimum Gasteiger partial charge on any atom is -0.478 e. The van der Waals surface area contributed by atoms with E-state index in [4.69, 9.17) is 0 Å². The molecule has 146 valence electrons. The zero-order valence-electron chi connectivity index (χ0n) is 16.0. The van der Waals surface area contributed by atoms with E-state index in [1.165, 1.54) is 0 Å². The number of rotatable bonds is 5. The zero-order valence-corrected chi connectivity index (χ0v) is 16.0. The van der Waals surface area contributed by atoms with Crippen molar-refractivity contribution in [2.45, 2.75) is 32.2 Å². The van der Waals surface area contributed by atoms with Gasteiger partial charge in [-0.05, 0) is 31.9 Å². The first-order valence-electron chi connectivity index (χ1n) is 9.32. The van der Waals surface area contributed by atoms with E-state index in [0.29, 0.717) is 18.9 Å². The number of carboxylic acid groups (broad SMARTS) is 1. The first kappa shape index (κ1) is 18.1. The average Bonchev–Trinajstić information content (AvgIpc) is 3.32. The van der Waals surface area contributed by atoms with Crippen molar-refractivity contribution in [1.29, 1.82) is 0 Å². The van der Waals surface area contributed by atoms with Gasteiger partial charge in [-0.1, -0.05) is 0 Å². The van der Waals surface area contributed by atoms with Crippen LogP contribution >= 0.6 is 0 Å². The Morgan fingerprint density at radius 2 is 2.18 bits per heavy atom. The van der Waals surface area contributed by atoms with Crippen LogP contribution in [0.1, 0.15) is 46.5 Å². The van der Waals surface area contributed by atoms with Crippen LogP contribution in [-0.2, 0) is 13.6 Å². The maximum Gasteiger partial charge on any atom is 0.339 e. The van der Waals surface area contributed by atoms with Crippen LogP contribution in [0.2, 0.25) is 0 Å². The lowest BCUT2D eigenvalue weighted by molar-refractivity contribution is 0.0697. The molecule has 4 rings (SSSR count). The van der Waals surface area contributed by atoms with E-state index < -0.39 is 5.97 Å². The zero-order chi connectivity index (χ0) is 19.7. The molecule has 1 atom stereocenters. The van der Waals surface area contributed by atoms with E-state index in [1.54, 1.807) is 24.7 Å². The Morgan fingerprint density at radius 3 is 2.93 bits per heavy atom. The highest BCUT2D eigenvalue weighted by molar-refractivity contribution is 5.93. The van der Waals surface area contributed by atoms with Crippen molar-refractivity contribution in [2.24, 2.45) is 7.05 Å². The molecule has 4 heterocycles. The van der Waals surface area contributed by atoms with Crippen molar-refractivity contribution >= 4 is 11.8 Å². The number of pyridine rings is 1. The van der Waals surface area contributed by atoms with Crippen LogP contribution in [-0.4, -0.2) is 53.5 Å². The first-order valence-corrected chi connectivity index (χ1v) is 9.32. The molecule has 1 N–H and O–H groups in total. The van der Waals surface area contributed by atoms with Gasteiger partial charge in [0.1, 0.15) is 17.2 Å². The second kappa shape index (κ2) is 7.41. The number of aromatic nitrogens is 6. The summed E-state index contributed by atoms with van der Waals surface area (Å²) in [5, 5.41) is 18.3. The van der Waals surface area contributed by atoms with Crippen molar-refractivity contribution in [3.63, 3.8) is 0 Å². The molecule has 0 aliphatic carbocycles. The molecule has 0 spiro atoms. The Labute approximate surface area is 162 Å². The van der Waals surface area contributed by atoms with Crippen molar-refractivity contribution in [2.75, 3.05) is 18.0 Å². The molecular formula is C19H23N7O2. The Kier molecular flexibility index (Phi) is 4.81. The minimum atomic E-state index is -0.953. The summed E-state index contributed by atoms with van der Waals surface area (Å²) >= 11 is 0. The third kappa shape index (κ3) is 3.47. The Hall–Kier alpha value is -3.23. The van der Waals surface area contributed by atoms with Gasteiger partial charge < -0.3 is 19.1 Å². The summed E-state index contributed by atoms with van der Waals surface area (Å²) in [5.74, 6) is 1.55. The lowest BCUT2D eigenvalue weighted by atomic mass is 9.96. The summed E-state index contributed by atoms with van der Waals surface area (Å²) in [4.78, 5) is 22.3. The van der Waals surface area contributed by atoms with Gasteiger partial charge in [-0.15, -0.1) is 10.2 Å². The molecule has 1 fully saturated rings. The van der Waals surface area contributed by atoms with Gasteiger partial charge in [0.25, 0.3) is 0 Å². The third-order valence-electron chi connectivity index (χ3n) is 5.21. The molecule has 28 heavy (non-hydrogen) atoms. The summed E-state index contributed by atoms with van der Waals surface area (Å²) in [6, 6.07) is 3.37. The van der Waals surface area contributed by atoms with E-state index in [-0.39, 0.29) is 11.5 Å². The number of nitrogens with zero attached hydrogens (tertiary/aromatic N) is 7. The maximum absolute atomic E-state index is 11.6. The number of hydrogen-bond donors (Lipinski definition) is 1. The SMILES string of the molecule is Cc1ccc(C(=O)O)c(N2CCCC(c3nnc(Cn4ccnc4)n3C)C2)n1. The highest BCUT2D eigenvalue weighted by Crippen LogP contribution is 2.30. The van der Waals surface area contributed by atoms with Gasteiger partial charge >= 0.3 is 5.97 Å². The van der Waals surface area contributed by atoms with Crippen LogP contribution in [0.5, 0.6) is 0 Å². The third-order valence-corrected chi connectivity index (χ3v) is 5.21. The lowest BCUT2D eigenvalue weighted by Gasteiger charge is -2.33. The Morgan fingerprint density at radius 1 is 1.32 bits per heavy atom. The molecule has 9 heteroatoms. The van der Waals surface area contributed by atoms with E-state index in [9.17, 15) is 9.90 Å². The molecular weight excluding hydrogens is 358 g/mol. The molecule has 0 radical (unpaired) electrons. The molecule has 1 aliphatic rings. The van der Waals surface area contributed by atoms with Gasteiger partial charge in [-0.3, -0.25) is 0 Å². The number of imidazole rings is 1. The van der Waals surface area contributed by atoms with Gasteiger partial charge in [0.15, 0.2) is 5.82 Å². The number of carboxylic acids is 1. The highest BCUT2D eigenvalue weighted by Gasteiger charge is 2.29. The van der Waals surface area contributed by atoms with Gasteiger partial charge in [-0.2, -0.15) is 0 Å². The molecule has 3 aromatic heterocycles. The lowest BCUT2D eigenvalue weighted by Crippen LogP contribution is -2.37. The van der Waals surface area contributed by atoms with E-state index in [1.807, 2.05) is 29.3 Å². The van der Waals surface area contributed by atoms with Crippen LogP contribution in [0.4, 0.5) is 5.82 Å². The van der Waals surface area contributed by atoms with Crippen molar-refractivity contribution in [3.8, 4) is 0 Å². The summed E-state index contributed by atoms with van der Waals surface area (Å²) in [6.07, 6.45) is 7.33. The van der Waals surface area contributed by atoms with Crippen LogP contribution in [0.25, 0.3) is 0 Å². The quantitative estimate of drug-likeness (QED) is 0.719. The van der Waals surface area contributed by atoms with Crippen LogP contribution in [0.15, 0.2) is 30.9 Å². The minimum absolute atomic E-state index is 0.173. The summed E-state index contributed by atoms with van der Waals surface area (Å²) < 4.78 is 3.99. The van der Waals surface area contributed by atoms with Gasteiger partial charge in [-0.25, -0.2) is 14.8 Å². The fraction of sp³-hybridized carbons (Fsp3) is 0.421. The fourth-order valence-corrected chi connectivity index (χ4v) is 3.74. The fourth-order valence-electron chi connectivity index (χ4n) is 3.74. The predicted octanol–water partition coefficient (Wildman–Crippen LogP) is 1.85. The van der Waals surface area contributed by atoms with E-state index in [0.717, 1.165) is 36.7 Å². The normalized spacial score (nSPS) is 17.1. The van der Waals surface area contributed by atoms with Gasteiger partial charge in [0, 0.05) is 44.1 Å². The van der Waals surface area contributed by atoms with Crippen molar-refractivity contribution < 1.29 is 9.90 Å². The molecule has 0 amide bonds. The predicted molar refractivity (Wildman–Crippen MR) is 102 cm³/mol. The van der Waals surface area contributed by atoms with Crippen LogP contribution in [0.3, 0.4) is 0 Å². The maximum atomic E-state index is 11.6. The number of carbonyl (C=O) groups is 1. The molecule has 1 saturated heterocycles. The number of aryl methyl sites for hydroxylation is 1. The first-order chi connectivity index (χ1) is 13.5. The van der Waals surface area contributed by atoms with Crippen molar-refractivity contribution in [3.05, 3.63) is 53.8 Å². The molecule has 1 aliphatic heterocycles. The largest absolute Gasteiger partial charge is 0.478 e. The molecule has 0 saturated carbocycles. The van der Waals surface area contributed by atoms with Crippen molar-refractivity contribution in [1.82, 2.24) is 29.3 Å². The van der Waals surface area contributed by atoms with E-state index >= 15 is 0 Å². The molecule has 9 nitrogen and oxygen atoms in total. The number of anilines is 1. The monoisotopic (exact) mass is 381 g/mol. The molecule has 3 aromatic rings.